The first-order chi connectivity index (χ1) is 9.20. The van der Waals surface area contributed by atoms with Gasteiger partial charge in [0.1, 0.15) is 11.4 Å². The summed E-state index contributed by atoms with van der Waals surface area (Å²) in [6, 6.07) is 10.5. The molecule has 0 radical (unpaired) electrons. The number of anilines is 2. The molecule has 98 valence electrons. The Balaban J connectivity index is 2.16. The first kappa shape index (κ1) is 12.9. The third kappa shape index (κ3) is 3.22. The molecule has 0 aliphatic carbocycles. The van der Waals surface area contributed by atoms with Crippen molar-refractivity contribution in [1.29, 1.82) is 0 Å². The summed E-state index contributed by atoms with van der Waals surface area (Å²) in [7, 11) is 0. The molecule has 1 aromatic carbocycles. The fourth-order valence-corrected chi connectivity index (χ4v) is 1.58. The van der Waals surface area contributed by atoms with Crippen LogP contribution in [-0.2, 0) is 0 Å². The summed E-state index contributed by atoms with van der Waals surface area (Å²) < 4.78 is 5.44. The van der Waals surface area contributed by atoms with Crippen LogP contribution < -0.4 is 15.8 Å². The smallest absolute Gasteiger partial charge is 0.274 e. The predicted octanol–water partition coefficient (Wildman–Crippen LogP) is 2.31. The summed E-state index contributed by atoms with van der Waals surface area (Å²) in [5.74, 6) is 0.334. The maximum atomic E-state index is 12.0. The van der Waals surface area contributed by atoms with Crippen molar-refractivity contribution in [2.45, 2.75) is 6.92 Å². The van der Waals surface area contributed by atoms with Gasteiger partial charge in [-0.2, -0.15) is 0 Å². The van der Waals surface area contributed by atoms with Gasteiger partial charge in [-0.25, -0.2) is 4.98 Å². The highest BCUT2D eigenvalue weighted by Crippen LogP contribution is 2.24. The lowest BCUT2D eigenvalue weighted by molar-refractivity contribution is 0.102. The number of carbonyl (C=O) groups is 1. The Hall–Kier alpha value is -2.56. The molecule has 0 aliphatic rings. The average Bonchev–Trinajstić information content (AvgIpc) is 2.42. The minimum atomic E-state index is -0.299. The number of hydrogen-bond donors (Lipinski definition) is 2. The zero-order chi connectivity index (χ0) is 13.7. The van der Waals surface area contributed by atoms with Crippen molar-refractivity contribution in [2.24, 2.45) is 0 Å². The third-order valence-corrected chi connectivity index (χ3v) is 2.45. The van der Waals surface area contributed by atoms with E-state index in [1.165, 1.54) is 6.20 Å². The van der Waals surface area contributed by atoms with Crippen LogP contribution in [0.5, 0.6) is 5.75 Å². The Bertz CT molecular complexity index is 567. The lowest BCUT2D eigenvalue weighted by Crippen LogP contribution is -2.14. The zero-order valence-corrected chi connectivity index (χ0v) is 10.6. The van der Waals surface area contributed by atoms with Crippen LogP contribution in [-0.4, -0.2) is 17.5 Å². The number of nitrogen functional groups attached to an aromatic ring is 1. The van der Waals surface area contributed by atoms with E-state index in [-0.39, 0.29) is 5.91 Å². The minimum absolute atomic E-state index is 0.299. The summed E-state index contributed by atoms with van der Waals surface area (Å²) in [4.78, 5) is 16.0. The summed E-state index contributed by atoms with van der Waals surface area (Å²) in [5.41, 5.74) is 6.97. The molecule has 0 atom stereocenters. The van der Waals surface area contributed by atoms with E-state index in [1.807, 2.05) is 19.1 Å². The first-order valence-electron chi connectivity index (χ1n) is 5.95. The molecule has 3 N–H and O–H groups in total. The Morgan fingerprint density at radius 2 is 2.11 bits per heavy atom. The number of carbonyl (C=O) groups excluding carboxylic acids is 1. The second-order valence-electron chi connectivity index (χ2n) is 3.86. The maximum absolute atomic E-state index is 12.0. The summed E-state index contributed by atoms with van der Waals surface area (Å²) in [6.45, 7) is 2.42. The SMILES string of the molecule is CCOc1ccccc1NC(=O)c1ccc(N)cn1. The Morgan fingerprint density at radius 3 is 2.79 bits per heavy atom. The van der Waals surface area contributed by atoms with Crippen molar-refractivity contribution in [1.82, 2.24) is 4.98 Å². The highest BCUT2D eigenvalue weighted by atomic mass is 16.5. The van der Waals surface area contributed by atoms with Crippen molar-refractivity contribution < 1.29 is 9.53 Å². The number of hydrogen-bond acceptors (Lipinski definition) is 4. The number of nitrogens with zero attached hydrogens (tertiary/aromatic N) is 1. The van der Waals surface area contributed by atoms with Crippen LogP contribution in [0.3, 0.4) is 0 Å². The number of nitrogens with two attached hydrogens (primary N) is 1. The van der Waals surface area contributed by atoms with Crippen LogP contribution in [0.4, 0.5) is 11.4 Å². The summed E-state index contributed by atoms with van der Waals surface area (Å²) >= 11 is 0. The second-order valence-corrected chi connectivity index (χ2v) is 3.86. The Kier molecular flexibility index (Phi) is 3.97. The number of ether oxygens (including phenoxy) is 1. The monoisotopic (exact) mass is 257 g/mol. The number of aromatic nitrogens is 1. The van der Waals surface area contributed by atoms with Crippen molar-refractivity contribution >= 4 is 17.3 Å². The molecule has 0 bridgehead atoms. The molecular weight excluding hydrogens is 242 g/mol. The fourth-order valence-electron chi connectivity index (χ4n) is 1.58. The van der Waals surface area contributed by atoms with Gasteiger partial charge in [-0.05, 0) is 31.2 Å². The topological polar surface area (TPSA) is 77.2 Å². The van der Waals surface area contributed by atoms with Crippen LogP contribution in [0.1, 0.15) is 17.4 Å². The van der Waals surface area contributed by atoms with Crippen molar-refractivity contribution in [3.8, 4) is 5.75 Å². The third-order valence-electron chi connectivity index (χ3n) is 2.45. The van der Waals surface area contributed by atoms with Gasteiger partial charge in [-0.3, -0.25) is 4.79 Å². The van der Waals surface area contributed by atoms with E-state index in [0.29, 0.717) is 29.4 Å². The number of rotatable bonds is 4. The van der Waals surface area contributed by atoms with Gasteiger partial charge < -0.3 is 15.8 Å². The Labute approximate surface area is 111 Å². The molecule has 1 amide bonds. The van der Waals surface area contributed by atoms with E-state index in [4.69, 9.17) is 10.5 Å². The molecule has 5 heteroatoms. The van der Waals surface area contributed by atoms with Gasteiger partial charge in [0.2, 0.25) is 0 Å². The number of nitrogens with one attached hydrogen (secondary N) is 1. The molecule has 0 aliphatic heterocycles. The highest BCUT2D eigenvalue weighted by Gasteiger charge is 2.10. The van der Waals surface area contributed by atoms with Gasteiger partial charge in [-0.1, -0.05) is 12.1 Å². The number of benzene rings is 1. The van der Waals surface area contributed by atoms with E-state index in [2.05, 4.69) is 10.3 Å². The quantitative estimate of drug-likeness (QED) is 0.881. The second kappa shape index (κ2) is 5.86. The van der Waals surface area contributed by atoms with Gasteiger partial charge in [0.15, 0.2) is 0 Å². The van der Waals surface area contributed by atoms with Crippen molar-refractivity contribution in [2.75, 3.05) is 17.7 Å². The van der Waals surface area contributed by atoms with Crippen molar-refractivity contribution in [3.63, 3.8) is 0 Å². The zero-order valence-electron chi connectivity index (χ0n) is 10.6. The molecule has 2 rings (SSSR count). The molecule has 0 saturated heterocycles. The van der Waals surface area contributed by atoms with Crippen LogP contribution in [0.2, 0.25) is 0 Å². The average molecular weight is 257 g/mol. The van der Waals surface area contributed by atoms with E-state index >= 15 is 0 Å². The molecule has 2 aromatic rings. The normalized spacial score (nSPS) is 9.95. The first-order valence-corrected chi connectivity index (χ1v) is 5.95. The van der Waals surface area contributed by atoms with Crippen LogP contribution >= 0.6 is 0 Å². The molecule has 0 unspecified atom stereocenters. The van der Waals surface area contributed by atoms with E-state index < -0.39 is 0 Å². The largest absolute Gasteiger partial charge is 0.492 e. The molecule has 0 fully saturated rings. The maximum Gasteiger partial charge on any atom is 0.274 e. The standard InChI is InChI=1S/C14H15N3O2/c1-2-19-13-6-4-3-5-11(13)17-14(18)12-8-7-10(15)9-16-12/h3-9H,2,15H2,1H3,(H,17,18). The van der Waals surface area contributed by atoms with Gasteiger partial charge in [-0.15, -0.1) is 0 Å². The summed E-state index contributed by atoms with van der Waals surface area (Å²) in [6.07, 6.45) is 1.45. The van der Waals surface area contributed by atoms with E-state index in [9.17, 15) is 4.79 Å². The van der Waals surface area contributed by atoms with Crippen LogP contribution in [0, 0.1) is 0 Å². The molecule has 1 heterocycles. The fraction of sp³-hybridized carbons (Fsp3) is 0.143. The van der Waals surface area contributed by atoms with Crippen LogP contribution in [0.15, 0.2) is 42.6 Å². The molecule has 0 spiro atoms. The van der Waals surface area contributed by atoms with Gasteiger partial charge in [0.25, 0.3) is 5.91 Å². The van der Waals surface area contributed by atoms with E-state index in [0.717, 1.165) is 0 Å². The lowest BCUT2D eigenvalue weighted by atomic mass is 10.2. The van der Waals surface area contributed by atoms with Gasteiger partial charge in [0.05, 0.1) is 24.2 Å². The minimum Gasteiger partial charge on any atom is -0.492 e. The van der Waals surface area contributed by atoms with Crippen LogP contribution in [0.25, 0.3) is 0 Å². The number of pyridine rings is 1. The molecular formula is C14H15N3O2. The van der Waals surface area contributed by atoms with Crippen molar-refractivity contribution in [3.05, 3.63) is 48.3 Å². The lowest BCUT2D eigenvalue weighted by Gasteiger charge is -2.10. The Morgan fingerprint density at radius 1 is 1.32 bits per heavy atom. The summed E-state index contributed by atoms with van der Waals surface area (Å²) in [5, 5.41) is 2.76. The van der Waals surface area contributed by atoms with Gasteiger partial charge in [0, 0.05) is 0 Å². The van der Waals surface area contributed by atoms with Gasteiger partial charge >= 0.3 is 0 Å². The highest BCUT2D eigenvalue weighted by molar-refractivity contribution is 6.03. The van der Waals surface area contributed by atoms with E-state index in [1.54, 1.807) is 24.3 Å². The molecule has 5 nitrogen and oxygen atoms in total. The number of amides is 1. The predicted molar refractivity (Wildman–Crippen MR) is 74.2 cm³/mol. The molecule has 19 heavy (non-hydrogen) atoms. The molecule has 1 aromatic heterocycles. The number of para-hydroxylation sites is 2. The molecule has 0 saturated carbocycles.